The first-order valence-electron chi connectivity index (χ1n) is 5.60. The highest BCUT2D eigenvalue weighted by atomic mass is 32.2. The van der Waals surface area contributed by atoms with Gasteiger partial charge in [0.15, 0.2) is 5.16 Å². The molecular formula is C12H14N2O2S2. The molecule has 0 aromatic carbocycles. The molecule has 4 nitrogen and oxygen atoms in total. The Morgan fingerprint density at radius 2 is 2.44 bits per heavy atom. The van der Waals surface area contributed by atoms with E-state index < -0.39 is 0 Å². The van der Waals surface area contributed by atoms with E-state index in [1.165, 1.54) is 23.1 Å². The summed E-state index contributed by atoms with van der Waals surface area (Å²) in [6, 6.07) is 1.80. The second kappa shape index (κ2) is 6.17. The van der Waals surface area contributed by atoms with Crippen LogP contribution >= 0.6 is 23.1 Å². The third-order valence-electron chi connectivity index (χ3n) is 2.39. The minimum Gasteiger partial charge on any atom is -0.396 e. The molecule has 0 saturated heterocycles. The molecule has 0 fully saturated rings. The van der Waals surface area contributed by atoms with E-state index in [0.717, 1.165) is 10.6 Å². The van der Waals surface area contributed by atoms with Crippen molar-refractivity contribution in [2.45, 2.75) is 18.1 Å². The molecular weight excluding hydrogens is 268 g/mol. The minimum atomic E-state index is -0.0207. The van der Waals surface area contributed by atoms with Crippen molar-refractivity contribution in [1.82, 2.24) is 9.55 Å². The quantitative estimate of drug-likeness (QED) is 0.382. The number of aliphatic hydroxyl groups excluding tert-OH is 1. The topological polar surface area (TPSA) is 55.1 Å². The number of aliphatic hydroxyl groups is 1. The van der Waals surface area contributed by atoms with Gasteiger partial charge in [0.2, 0.25) is 0 Å². The van der Waals surface area contributed by atoms with Gasteiger partial charge in [0.1, 0.15) is 4.83 Å². The molecule has 96 valence electrons. The van der Waals surface area contributed by atoms with Crippen molar-refractivity contribution in [3.8, 4) is 0 Å². The Kier molecular flexibility index (Phi) is 4.57. The van der Waals surface area contributed by atoms with Crippen LogP contribution in [0.3, 0.4) is 0 Å². The smallest absolute Gasteiger partial charge is 0.263 e. The van der Waals surface area contributed by atoms with E-state index in [-0.39, 0.29) is 12.2 Å². The summed E-state index contributed by atoms with van der Waals surface area (Å²) in [7, 11) is 0. The van der Waals surface area contributed by atoms with Gasteiger partial charge in [-0.25, -0.2) is 4.98 Å². The van der Waals surface area contributed by atoms with Crippen LogP contribution in [0.4, 0.5) is 0 Å². The van der Waals surface area contributed by atoms with Gasteiger partial charge in [0.25, 0.3) is 5.56 Å². The standard InChI is InChI=1S/C12H14N2O2S2/c1-2-5-14-11(16)9-4-8-17-10(9)13-12(14)18-7-3-6-15/h2,4,8,15H,1,3,5-7H2. The number of nitrogens with zero attached hydrogens (tertiary/aromatic N) is 2. The van der Waals surface area contributed by atoms with Crippen molar-refractivity contribution >= 4 is 33.3 Å². The van der Waals surface area contributed by atoms with Gasteiger partial charge in [-0.3, -0.25) is 9.36 Å². The molecule has 6 heteroatoms. The van der Waals surface area contributed by atoms with Gasteiger partial charge in [0, 0.05) is 18.9 Å². The number of fused-ring (bicyclic) bond motifs is 1. The summed E-state index contributed by atoms with van der Waals surface area (Å²) >= 11 is 2.96. The van der Waals surface area contributed by atoms with Crippen molar-refractivity contribution in [3.63, 3.8) is 0 Å². The normalized spacial score (nSPS) is 10.9. The van der Waals surface area contributed by atoms with E-state index in [0.29, 0.717) is 23.5 Å². The fourth-order valence-electron chi connectivity index (χ4n) is 1.56. The average molecular weight is 282 g/mol. The second-order valence-electron chi connectivity index (χ2n) is 3.66. The van der Waals surface area contributed by atoms with Crippen molar-refractivity contribution in [2.24, 2.45) is 0 Å². The van der Waals surface area contributed by atoms with Gasteiger partial charge in [-0.1, -0.05) is 17.8 Å². The lowest BCUT2D eigenvalue weighted by molar-refractivity contribution is 0.296. The number of hydrogen-bond donors (Lipinski definition) is 1. The predicted octanol–water partition coefficient (Wildman–Crippen LogP) is 2.12. The summed E-state index contributed by atoms with van der Waals surface area (Å²) in [5, 5.41) is 12.0. The number of rotatable bonds is 6. The molecule has 0 aliphatic heterocycles. The average Bonchev–Trinajstić information content (AvgIpc) is 2.82. The van der Waals surface area contributed by atoms with E-state index >= 15 is 0 Å². The van der Waals surface area contributed by atoms with Crippen LogP contribution in [0, 0.1) is 0 Å². The lowest BCUT2D eigenvalue weighted by Crippen LogP contribution is -2.22. The highest BCUT2D eigenvalue weighted by Crippen LogP contribution is 2.21. The Morgan fingerprint density at radius 3 is 3.17 bits per heavy atom. The van der Waals surface area contributed by atoms with Gasteiger partial charge in [0.05, 0.1) is 5.39 Å². The molecule has 0 aliphatic carbocycles. The summed E-state index contributed by atoms with van der Waals surface area (Å²) < 4.78 is 1.63. The summed E-state index contributed by atoms with van der Waals surface area (Å²) in [5.41, 5.74) is -0.0207. The van der Waals surface area contributed by atoms with Gasteiger partial charge in [-0.2, -0.15) is 0 Å². The monoisotopic (exact) mass is 282 g/mol. The molecule has 1 N–H and O–H groups in total. The summed E-state index contributed by atoms with van der Waals surface area (Å²) in [4.78, 5) is 17.5. The second-order valence-corrected chi connectivity index (χ2v) is 5.62. The van der Waals surface area contributed by atoms with Gasteiger partial charge in [-0.15, -0.1) is 17.9 Å². The van der Waals surface area contributed by atoms with Crippen molar-refractivity contribution < 1.29 is 5.11 Å². The van der Waals surface area contributed by atoms with E-state index in [1.54, 1.807) is 16.7 Å². The molecule has 0 bridgehead atoms. The number of hydrogen-bond acceptors (Lipinski definition) is 5. The predicted molar refractivity (Wildman–Crippen MR) is 76.5 cm³/mol. The summed E-state index contributed by atoms with van der Waals surface area (Å²) in [6.07, 6.45) is 2.38. The minimum absolute atomic E-state index is 0.0207. The first-order chi connectivity index (χ1) is 8.77. The molecule has 0 saturated carbocycles. The van der Waals surface area contributed by atoms with Crippen LogP contribution in [0.25, 0.3) is 10.2 Å². The zero-order valence-electron chi connectivity index (χ0n) is 9.83. The highest BCUT2D eigenvalue weighted by Gasteiger charge is 2.11. The fourth-order valence-corrected chi connectivity index (χ4v) is 3.30. The number of aromatic nitrogens is 2. The molecule has 0 amide bonds. The van der Waals surface area contributed by atoms with Crippen LogP contribution in [-0.2, 0) is 6.54 Å². The van der Waals surface area contributed by atoms with Crippen molar-refractivity contribution in [1.29, 1.82) is 0 Å². The number of thiophene rings is 1. The zero-order valence-corrected chi connectivity index (χ0v) is 11.5. The lowest BCUT2D eigenvalue weighted by atomic mass is 10.4. The Labute approximate surface area is 113 Å². The first-order valence-corrected chi connectivity index (χ1v) is 7.47. The SMILES string of the molecule is C=CCn1c(SCCCO)nc2sccc2c1=O. The Morgan fingerprint density at radius 1 is 1.61 bits per heavy atom. The molecule has 18 heavy (non-hydrogen) atoms. The highest BCUT2D eigenvalue weighted by molar-refractivity contribution is 7.99. The molecule has 0 atom stereocenters. The third-order valence-corrected chi connectivity index (χ3v) is 4.26. The van der Waals surface area contributed by atoms with Crippen LogP contribution in [0.15, 0.2) is 34.1 Å². The van der Waals surface area contributed by atoms with Crippen molar-refractivity contribution in [2.75, 3.05) is 12.4 Å². The maximum absolute atomic E-state index is 12.3. The lowest BCUT2D eigenvalue weighted by Gasteiger charge is -2.09. The van der Waals surface area contributed by atoms with Gasteiger partial charge < -0.3 is 5.11 Å². The molecule has 2 aromatic rings. The Balaban J connectivity index is 2.44. The molecule has 0 unspecified atom stereocenters. The Bertz CT molecular complexity index is 604. The fraction of sp³-hybridized carbons (Fsp3) is 0.333. The van der Waals surface area contributed by atoms with Crippen LogP contribution < -0.4 is 5.56 Å². The molecule has 2 heterocycles. The zero-order chi connectivity index (χ0) is 13.0. The van der Waals surface area contributed by atoms with Gasteiger partial charge >= 0.3 is 0 Å². The molecule has 0 spiro atoms. The third kappa shape index (κ3) is 2.66. The van der Waals surface area contributed by atoms with E-state index in [1.807, 2.05) is 5.38 Å². The molecule has 2 rings (SSSR count). The van der Waals surface area contributed by atoms with E-state index in [9.17, 15) is 4.79 Å². The van der Waals surface area contributed by atoms with E-state index in [4.69, 9.17) is 5.11 Å². The van der Waals surface area contributed by atoms with Crippen molar-refractivity contribution in [3.05, 3.63) is 34.5 Å². The first kappa shape index (κ1) is 13.3. The maximum Gasteiger partial charge on any atom is 0.263 e. The van der Waals surface area contributed by atoms with Crippen LogP contribution in [0.2, 0.25) is 0 Å². The molecule has 0 aliphatic rings. The Hall–Kier alpha value is -1.11. The molecule has 0 radical (unpaired) electrons. The largest absolute Gasteiger partial charge is 0.396 e. The van der Waals surface area contributed by atoms with Crippen LogP contribution in [-0.4, -0.2) is 27.0 Å². The number of thioether (sulfide) groups is 1. The van der Waals surface area contributed by atoms with E-state index in [2.05, 4.69) is 11.6 Å². The van der Waals surface area contributed by atoms with Crippen LogP contribution in [0.5, 0.6) is 0 Å². The van der Waals surface area contributed by atoms with Gasteiger partial charge in [-0.05, 0) is 17.9 Å². The van der Waals surface area contributed by atoms with Crippen LogP contribution in [0.1, 0.15) is 6.42 Å². The maximum atomic E-state index is 12.3. The summed E-state index contributed by atoms with van der Waals surface area (Å²) in [5.74, 6) is 0.747. The summed E-state index contributed by atoms with van der Waals surface area (Å²) in [6.45, 7) is 4.28. The number of allylic oxidation sites excluding steroid dienone is 1. The molecule has 2 aromatic heterocycles.